The number of pyridine rings is 1. The van der Waals surface area contributed by atoms with Gasteiger partial charge in [-0.05, 0) is 37.8 Å². The van der Waals surface area contributed by atoms with E-state index in [0.717, 1.165) is 68.0 Å². The molecule has 5 heterocycles. The summed E-state index contributed by atoms with van der Waals surface area (Å²) in [5.74, 6) is 1.56. The van der Waals surface area contributed by atoms with Gasteiger partial charge in [-0.15, -0.1) is 0 Å². The number of aryl methyl sites for hydroxylation is 1. The van der Waals surface area contributed by atoms with E-state index in [2.05, 4.69) is 20.8 Å². The minimum atomic E-state index is 0.0582. The molecule has 3 aromatic heterocycles. The summed E-state index contributed by atoms with van der Waals surface area (Å²) in [5.41, 5.74) is 3.13. The molecule has 3 aromatic rings. The fourth-order valence-corrected chi connectivity index (χ4v) is 4.88. The number of nitrogens with zero attached hydrogens (tertiary/aromatic N) is 4. The lowest BCUT2D eigenvalue weighted by Crippen LogP contribution is -2.66. The van der Waals surface area contributed by atoms with E-state index in [4.69, 9.17) is 9.47 Å². The predicted octanol–water partition coefficient (Wildman–Crippen LogP) is 2.23. The summed E-state index contributed by atoms with van der Waals surface area (Å²) in [6.07, 6.45) is 7.80. The highest BCUT2D eigenvalue weighted by atomic mass is 16.5. The topological polar surface area (TPSA) is 94.7 Å². The Morgan fingerprint density at radius 3 is 2.94 bits per heavy atom. The number of fused-ring (bicyclic) bond motifs is 1. The molecule has 1 unspecified atom stereocenters. The average Bonchev–Trinajstić information content (AvgIpc) is 3.48. The number of ether oxygens (including phenoxy) is 2. The van der Waals surface area contributed by atoms with Crippen LogP contribution in [0.3, 0.4) is 0 Å². The van der Waals surface area contributed by atoms with Crippen molar-refractivity contribution in [3.63, 3.8) is 0 Å². The lowest BCUT2D eigenvalue weighted by molar-refractivity contribution is -0.117. The Morgan fingerprint density at radius 1 is 1.34 bits per heavy atom. The minimum absolute atomic E-state index is 0.0582. The van der Waals surface area contributed by atoms with Gasteiger partial charge in [0, 0.05) is 62.0 Å². The van der Waals surface area contributed by atoms with Gasteiger partial charge < -0.3 is 20.1 Å². The molecule has 0 aromatic carbocycles. The van der Waals surface area contributed by atoms with Gasteiger partial charge in [-0.3, -0.25) is 9.48 Å². The Kier molecular flexibility index (Phi) is 4.69. The monoisotopic (exact) mass is 436 g/mol. The molecule has 1 saturated carbocycles. The smallest absolute Gasteiger partial charge is 0.228 e. The molecule has 6 rings (SSSR count). The van der Waals surface area contributed by atoms with Gasteiger partial charge in [0.2, 0.25) is 5.91 Å². The van der Waals surface area contributed by atoms with E-state index in [1.54, 1.807) is 10.7 Å². The van der Waals surface area contributed by atoms with Crippen LogP contribution in [-0.4, -0.2) is 57.7 Å². The lowest BCUT2D eigenvalue weighted by atomic mass is 9.68. The second-order valence-electron chi connectivity index (χ2n) is 9.28. The van der Waals surface area contributed by atoms with Crippen molar-refractivity contribution in [3.05, 3.63) is 30.6 Å². The standard InChI is InChI=1S/C23H28N6O3/c1-28-21(18(12-25-28)32-13-19-23(14-24-19)5-8-31-9-6-23)16-4-7-29-17(10-16)11-20(27-29)26-22(30)15-2-3-15/h4,7,10-12,15,19,24H,2-3,5-6,8-9,13-14H2,1H3,(H,26,27,30). The summed E-state index contributed by atoms with van der Waals surface area (Å²) in [7, 11) is 1.92. The van der Waals surface area contributed by atoms with Gasteiger partial charge in [0.15, 0.2) is 11.6 Å². The number of carbonyl (C=O) groups is 1. The van der Waals surface area contributed by atoms with Crippen molar-refractivity contribution in [3.8, 4) is 17.0 Å². The van der Waals surface area contributed by atoms with Crippen LogP contribution in [0.4, 0.5) is 5.82 Å². The van der Waals surface area contributed by atoms with Crippen LogP contribution in [0.15, 0.2) is 30.6 Å². The van der Waals surface area contributed by atoms with Crippen molar-refractivity contribution in [2.75, 3.05) is 31.7 Å². The van der Waals surface area contributed by atoms with Gasteiger partial charge in [0.05, 0.1) is 11.7 Å². The molecule has 3 aliphatic rings. The lowest BCUT2D eigenvalue weighted by Gasteiger charge is -2.52. The molecule has 0 bridgehead atoms. The van der Waals surface area contributed by atoms with E-state index < -0.39 is 0 Å². The summed E-state index contributed by atoms with van der Waals surface area (Å²) in [4.78, 5) is 12.1. The Hall–Kier alpha value is -2.91. The van der Waals surface area contributed by atoms with Crippen LogP contribution in [-0.2, 0) is 16.6 Å². The van der Waals surface area contributed by atoms with E-state index >= 15 is 0 Å². The maximum absolute atomic E-state index is 12.1. The van der Waals surface area contributed by atoms with Crippen molar-refractivity contribution in [1.82, 2.24) is 24.7 Å². The van der Waals surface area contributed by atoms with Gasteiger partial charge in [0.1, 0.15) is 12.3 Å². The molecule has 168 valence electrons. The number of rotatable bonds is 6. The molecule has 1 amide bonds. The third-order valence-electron chi connectivity index (χ3n) is 7.18. The number of aromatic nitrogens is 4. The number of nitrogens with one attached hydrogen (secondary N) is 2. The highest BCUT2D eigenvalue weighted by molar-refractivity contribution is 5.93. The van der Waals surface area contributed by atoms with Crippen LogP contribution in [0, 0.1) is 11.3 Å². The Morgan fingerprint density at radius 2 is 2.19 bits per heavy atom. The molecule has 9 heteroatoms. The Labute approximate surface area is 186 Å². The summed E-state index contributed by atoms with van der Waals surface area (Å²) in [6, 6.07) is 6.28. The highest BCUT2D eigenvalue weighted by Gasteiger charge is 2.47. The summed E-state index contributed by atoms with van der Waals surface area (Å²) < 4.78 is 15.4. The quantitative estimate of drug-likeness (QED) is 0.615. The van der Waals surface area contributed by atoms with E-state index in [1.807, 2.05) is 36.1 Å². The molecule has 1 spiro atoms. The van der Waals surface area contributed by atoms with Crippen LogP contribution in [0.1, 0.15) is 25.7 Å². The maximum Gasteiger partial charge on any atom is 0.228 e. The SMILES string of the molecule is Cn1ncc(OCC2NCC23CCOCC3)c1-c1ccn2nc(NC(=O)C3CC3)cc2c1. The first kappa shape index (κ1) is 19.8. The predicted molar refractivity (Wildman–Crippen MR) is 119 cm³/mol. The van der Waals surface area contributed by atoms with E-state index in [9.17, 15) is 4.79 Å². The molecule has 2 saturated heterocycles. The average molecular weight is 437 g/mol. The van der Waals surface area contributed by atoms with Crippen LogP contribution < -0.4 is 15.4 Å². The van der Waals surface area contributed by atoms with E-state index in [0.29, 0.717) is 23.9 Å². The molecule has 1 atom stereocenters. The summed E-state index contributed by atoms with van der Waals surface area (Å²) in [6.45, 7) is 3.34. The van der Waals surface area contributed by atoms with Crippen molar-refractivity contribution in [2.45, 2.75) is 31.7 Å². The number of hydrogen-bond donors (Lipinski definition) is 2. The first-order valence-electron chi connectivity index (χ1n) is 11.4. The molecule has 0 radical (unpaired) electrons. The zero-order chi connectivity index (χ0) is 21.7. The second kappa shape index (κ2) is 7.60. The molecule has 3 fully saturated rings. The van der Waals surface area contributed by atoms with Crippen molar-refractivity contribution in [1.29, 1.82) is 0 Å². The zero-order valence-corrected chi connectivity index (χ0v) is 18.2. The van der Waals surface area contributed by atoms with Crippen molar-refractivity contribution >= 4 is 17.2 Å². The van der Waals surface area contributed by atoms with Crippen molar-refractivity contribution < 1.29 is 14.3 Å². The van der Waals surface area contributed by atoms with E-state index in [-0.39, 0.29) is 11.8 Å². The Bertz CT molecular complexity index is 1160. The Balaban J connectivity index is 1.21. The van der Waals surface area contributed by atoms with Crippen LogP contribution >= 0.6 is 0 Å². The maximum atomic E-state index is 12.1. The highest BCUT2D eigenvalue weighted by Crippen LogP contribution is 2.40. The van der Waals surface area contributed by atoms with Gasteiger partial charge in [-0.25, -0.2) is 4.52 Å². The largest absolute Gasteiger partial charge is 0.488 e. The van der Waals surface area contributed by atoms with Crippen LogP contribution in [0.2, 0.25) is 0 Å². The molecule has 2 N–H and O–H groups in total. The first-order valence-corrected chi connectivity index (χ1v) is 11.4. The normalized spacial score (nSPS) is 22.1. The molecule has 2 aliphatic heterocycles. The van der Waals surface area contributed by atoms with Crippen molar-refractivity contribution in [2.24, 2.45) is 18.4 Å². The third kappa shape index (κ3) is 3.45. The molecule has 32 heavy (non-hydrogen) atoms. The minimum Gasteiger partial charge on any atom is -0.488 e. The molecular weight excluding hydrogens is 408 g/mol. The number of hydrogen-bond acceptors (Lipinski definition) is 6. The summed E-state index contributed by atoms with van der Waals surface area (Å²) in [5, 5.41) is 15.4. The molecule has 9 nitrogen and oxygen atoms in total. The third-order valence-corrected chi connectivity index (χ3v) is 7.18. The molecule has 1 aliphatic carbocycles. The molecular formula is C23H28N6O3. The number of carbonyl (C=O) groups excluding carboxylic acids is 1. The van der Waals surface area contributed by atoms with Crippen LogP contribution in [0.5, 0.6) is 5.75 Å². The summed E-state index contributed by atoms with van der Waals surface area (Å²) >= 11 is 0. The van der Waals surface area contributed by atoms with Gasteiger partial charge in [-0.2, -0.15) is 10.2 Å². The fourth-order valence-electron chi connectivity index (χ4n) is 4.88. The number of anilines is 1. The van der Waals surface area contributed by atoms with Gasteiger partial charge >= 0.3 is 0 Å². The van der Waals surface area contributed by atoms with E-state index in [1.165, 1.54) is 0 Å². The van der Waals surface area contributed by atoms with Gasteiger partial charge in [-0.1, -0.05) is 0 Å². The first-order chi connectivity index (χ1) is 15.6. The number of amides is 1. The van der Waals surface area contributed by atoms with Crippen LogP contribution in [0.25, 0.3) is 16.8 Å². The fraction of sp³-hybridized carbons (Fsp3) is 0.522. The zero-order valence-electron chi connectivity index (χ0n) is 18.2. The van der Waals surface area contributed by atoms with Gasteiger partial charge in [0.25, 0.3) is 0 Å². The second-order valence-corrected chi connectivity index (χ2v) is 9.28.